The molecule has 7 heteroatoms. The van der Waals surface area contributed by atoms with Gasteiger partial charge in [-0.1, -0.05) is 0 Å². The Morgan fingerprint density at radius 1 is 1.40 bits per heavy atom. The van der Waals surface area contributed by atoms with Crippen LogP contribution in [0, 0.1) is 10.1 Å². The van der Waals surface area contributed by atoms with Crippen LogP contribution in [0.4, 0.5) is 5.69 Å². The third-order valence-corrected chi connectivity index (χ3v) is 2.14. The van der Waals surface area contributed by atoms with Crippen molar-refractivity contribution in [1.82, 2.24) is 0 Å². The highest BCUT2D eigenvalue weighted by Gasteiger charge is 2.23. The fraction of sp³-hybridized carbons (Fsp3) is 0.462. The molecule has 110 valence electrons. The minimum atomic E-state index is -0.726. The van der Waals surface area contributed by atoms with Crippen LogP contribution in [0.2, 0.25) is 0 Å². The molecule has 20 heavy (non-hydrogen) atoms. The minimum absolute atomic E-state index is 0.0202. The molecule has 0 atom stereocenters. The summed E-state index contributed by atoms with van der Waals surface area (Å²) in [6, 6.07) is 3.63. The van der Waals surface area contributed by atoms with E-state index in [-0.39, 0.29) is 30.2 Å². The van der Waals surface area contributed by atoms with Crippen LogP contribution in [0.1, 0.15) is 31.1 Å². The topological polar surface area (TPSA) is 98.9 Å². The summed E-state index contributed by atoms with van der Waals surface area (Å²) in [7, 11) is 0. The number of aliphatic hydroxyl groups excluding tert-OH is 1. The van der Waals surface area contributed by atoms with Crippen molar-refractivity contribution >= 4 is 11.7 Å². The number of ether oxygens (including phenoxy) is 2. The van der Waals surface area contributed by atoms with E-state index < -0.39 is 16.5 Å². The molecule has 0 saturated heterocycles. The molecule has 1 rings (SSSR count). The number of hydrogen-bond acceptors (Lipinski definition) is 6. The molecule has 0 aliphatic carbocycles. The van der Waals surface area contributed by atoms with Crippen molar-refractivity contribution in [3.8, 4) is 5.75 Å². The van der Waals surface area contributed by atoms with Gasteiger partial charge in [0, 0.05) is 12.1 Å². The molecule has 0 aliphatic heterocycles. The molecule has 0 aromatic heterocycles. The molecular weight excluding hydrogens is 266 g/mol. The van der Waals surface area contributed by atoms with Crippen LogP contribution in [0.3, 0.4) is 0 Å². The molecule has 1 N–H and O–H groups in total. The number of nitro benzene ring substituents is 1. The van der Waals surface area contributed by atoms with E-state index in [1.807, 2.05) is 0 Å². The smallest absolute Gasteiger partial charge is 0.342 e. The van der Waals surface area contributed by atoms with Gasteiger partial charge in [-0.15, -0.1) is 0 Å². The summed E-state index contributed by atoms with van der Waals surface area (Å²) in [6.07, 6.45) is 0. The molecule has 0 aliphatic rings. The fourth-order valence-electron chi connectivity index (χ4n) is 1.41. The molecule has 0 amide bonds. The Kier molecular flexibility index (Phi) is 5.04. The number of nitro groups is 1. The van der Waals surface area contributed by atoms with E-state index in [4.69, 9.17) is 14.6 Å². The zero-order chi connectivity index (χ0) is 15.3. The molecular formula is C13H17NO6. The first-order chi connectivity index (χ1) is 9.24. The average molecular weight is 283 g/mol. The first-order valence-electron chi connectivity index (χ1n) is 6.00. The number of aliphatic hydroxyl groups is 1. The van der Waals surface area contributed by atoms with E-state index in [1.165, 1.54) is 12.1 Å². The van der Waals surface area contributed by atoms with Gasteiger partial charge in [-0.05, 0) is 26.8 Å². The van der Waals surface area contributed by atoms with Crippen LogP contribution >= 0.6 is 0 Å². The number of non-ortho nitro benzene ring substituents is 1. The van der Waals surface area contributed by atoms with Crippen molar-refractivity contribution in [3.63, 3.8) is 0 Å². The zero-order valence-corrected chi connectivity index (χ0v) is 11.6. The lowest BCUT2D eigenvalue weighted by Crippen LogP contribution is -2.24. The highest BCUT2D eigenvalue weighted by Crippen LogP contribution is 2.26. The molecule has 0 heterocycles. The van der Waals surface area contributed by atoms with E-state index in [2.05, 4.69) is 0 Å². The first kappa shape index (κ1) is 15.9. The molecule has 0 fully saturated rings. The van der Waals surface area contributed by atoms with Crippen LogP contribution in [0.5, 0.6) is 5.75 Å². The largest absolute Gasteiger partial charge is 0.490 e. The lowest BCUT2D eigenvalue weighted by Gasteiger charge is -2.20. The van der Waals surface area contributed by atoms with Crippen molar-refractivity contribution in [2.45, 2.75) is 26.4 Å². The van der Waals surface area contributed by atoms with Crippen molar-refractivity contribution in [2.75, 3.05) is 13.2 Å². The van der Waals surface area contributed by atoms with Gasteiger partial charge >= 0.3 is 5.97 Å². The second-order valence-corrected chi connectivity index (χ2v) is 5.01. The highest BCUT2D eigenvalue weighted by atomic mass is 16.6. The van der Waals surface area contributed by atoms with Gasteiger partial charge in [0.1, 0.15) is 23.5 Å². The van der Waals surface area contributed by atoms with Gasteiger partial charge < -0.3 is 14.6 Å². The van der Waals surface area contributed by atoms with Crippen LogP contribution in [-0.2, 0) is 4.74 Å². The maximum absolute atomic E-state index is 12.0. The Balaban J connectivity index is 3.13. The lowest BCUT2D eigenvalue weighted by atomic mass is 10.1. The summed E-state index contributed by atoms with van der Waals surface area (Å²) in [5.74, 6) is -0.576. The van der Waals surface area contributed by atoms with Crippen LogP contribution in [0.15, 0.2) is 18.2 Å². The van der Waals surface area contributed by atoms with Gasteiger partial charge in [0.2, 0.25) is 0 Å². The summed E-state index contributed by atoms with van der Waals surface area (Å²) in [5.41, 5.74) is -1.000. The Morgan fingerprint density at radius 2 is 2.05 bits per heavy atom. The Morgan fingerprint density at radius 3 is 2.55 bits per heavy atom. The van der Waals surface area contributed by atoms with E-state index >= 15 is 0 Å². The van der Waals surface area contributed by atoms with E-state index in [0.717, 1.165) is 6.07 Å². The number of carbonyl (C=O) groups excluding carboxylic acids is 1. The third kappa shape index (κ3) is 4.51. The summed E-state index contributed by atoms with van der Waals surface area (Å²) < 4.78 is 10.4. The quantitative estimate of drug-likeness (QED) is 0.503. The maximum atomic E-state index is 12.0. The number of rotatable bonds is 5. The van der Waals surface area contributed by atoms with Gasteiger partial charge in [0.25, 0.3) is 5.69 Å². The van der Waals surface area contributed by atoms with Gasteiger partial charge in [-0.25, -0.2) is 4.79 Å². The number of nitrogens with zero attached hydrogens (tertiary/aromatic N) is 1. The molecule has 0 bridgehead atoms. The highest BCUT2D eigenvalue weighted by molar-refractivity contribution is 5.93. The maximum Gasteiger partial charge on any atom is 0.342 e. The molecule has 0 spiro atoms. The van der Waals surface area contributed by atoms with E-state index in [1.54, 1.807) is 20.8 Å². The van der Waals surface area contributed by atoms with Gasteiger partial charge in [0.05, 0.1) is 11.5 Å². The standard InChI is InChI=1S/C13H17NO6/c1-13(2,3)20-12(16)10-8-9(14(17)18)4-5-11(10)19-7-6-15/h4-5,8,15H,6-7H2,1-3H3. The minimum Gasteiger partial charge on any atom is -0.490 e. The van der Waals surface area contributed by atoms with Crippen LogP contribution < -0.4 is 4.74 Å². The summed E-state index contributed by atoms with van der Waals surface area (Å²) in [5, 5.41) is 19.5. The van der Waals surface area contributed by atoms with E-state index in [9.17, 15) is 14.9 Å². The fourth-order valence-corrected chi connectivity index (χ4v) is 1.41. The van der Waals surface area contributed by atoms with Crippen molar-refractivity contribution in [1.29, 1.82) is 0 Å². The Bertz CT molecular complexity index is 506. The van der Waals surface area contributed by atoms with Gasteiger partial charge in [-0.2, -0.15) is 0 Å². The lowest BCUT2D eigenvalue weighted by molar-refractivity contribution is -0.384. The average Bonchev–Trinajstić information content (AvgIpc) is 2.33. The number of hydrogen-bond donors (Lipinski definition) is 1. The van der Waals surface area contributed by atoms with Crippen molar-refractivity contribution in [2.24, 2.45) is 0 Å². The number of esters is 1. The molecule has 0 saturated carbocycles. The first-order valence-corrected chi connectivity index (χ1v) is 6.00. The molecule has 1 aromatic rings. The molecule has 1 aromatic carbocycles. The second kappa shape index (κ2) is 6.33. The van der Waals surface area contributed by atoms with Crippen LogP contribution in [0.25, 0.3) is 0 Å². The normalized spacial score (nSPS) is 11.0. The molecule has 7 nitrogen and oxygen atoms in total. The van der Waals surface area contributed by atoms with Crippen molar-refractivity contribution in [3.05, 3.63) is 33.9 Å². The SMILES string of the molecule is CC(C)(C)OC(=O)c1cc([N+](=O)[O-])ccc1OCCO. The molecule has 0 unspecified atom stereocenters. The van der Waals surface area contributed by atoms with E-state index in [0.29, 0.717) is 0 Å². The zero-order valence-electron chi connectivity index (χ0n) is 11.6. The van der Waals surface area contributed by atoms with Gasteiger partial charge in [-0.3, -0.25) is 10.1 Å². The predicted octanol–water partition coefficient (Wildman–Crippen LogP) is 1.92. The second-order valence-electron chi connectivity index (χ2n) is 5.01. The molecule has 0 radical (unpaired) electrons. The van der Waals surface area contributed by atoms with Gasteiger partial charge in [0.15, 0.2) is 0 Å². The monoisotopic (exact) mass is 283 g/mol. The Labute approximate surface area is 116 Å². The number of benzene rings is 1. The Hall–Kier alpha value is -2.15. The third-order valence-electron chi connectivity index (χ3n) is 2.14. The predicted molar refractivity (Wildman–Crippen MR) is 70.8 cm³/mol. The number of carbonyl (C=O) groups is 1. The van der Waals surface area contributed by atoms with Crippen molar-refractivity contribution < 1.29 is 24.3 Å². The summed E-state index contributed by atoms with van der Waals surface area (Å²) >= 11 is 0. The van der Waals surface area contributed by atoms with Crippen LogP contribution in [-0.4, -0.2) is 34.8 Å². The summed E-state index contributed by atoms with van der Waals surface area (Å²) in [6.45, 7) is 4.82. The summed E-state index contributed by atoms with van der Waals surface area (Å²) in [4.78, 5) is 22.2.